The van der Waals surface area contributed by atoms with E-state index >= 15 is 0 Å². The minimum absolute atomic E-state index is 0.253. The van der Waals surface area contributed by atoms with Gasteiger partial charge in [0.15, 0.2) is 0 Å². The van der Waals surface area contributed by atoms with Gasteiger partial charge in [-0.15, -0.1) is 5.73 Å². The topological polar surface area (TPSA) is 0 Å². The molecule has 0 aromatic carbocycles. The maximum Gasteiger partial charge on any atom is 0.0830 e. The van der Waals surface area contributed by atoms with Crippen LogP contribution >= 0.6 is 0 Å². The van der Waals surface area contributed by atoms with Gasteiger partial charge in [0.05, 0.1) is 8.07 Å². The van der Waals surface area contributed by atoms with Crippen molar-refractivity contribution in [2.24, 2.45) is 5.41 Å². The zero-order valence-electron chi connectivity index (χ0n) is 10.7. The third-order valence-electron chi connectivity index (χ3n) is 2.02. The molecule has 0 aliphatic rings. The van der Waals surface area contributed by atoms with Crippen molar-refractivity contribution in [3.8, 4) is 0 Å². The number of hydrogen-bond donors (Lipinski definition) is 0. The number of rotatable bonds is 2. The molecule has 0 aliphatic heterocycles. The molecule has 0 nitrogen and oxygen atoms in total. The lowest BCUT2D eigenvalue weighted by Gasteiger charge is -2.30. The summed E-state index contributed by atoms with van der Waals surface area (Å²) in [5.74, 6) is 0. The highest BCUT2D eigenvalue weighted by Gasteiger charge is 2.29. The van der Waals surface area contributed by atoms with Crippen molar-refractivity contribution >= 4 is 8.07 Å². The largest absolute Gasteiger partial charge is 0.126 e. The molecule has 0 aromatic heterocycles. The standard InChI is InChI=1S/C13H24Si/c1-8-9-10-11-12(13(2,3)4)14(5,6)7/h8-10H,1-7H3/b9-8-. The second-order valence-electron chi connectivity index (χ2n) is 5.71. The molecule has 0 aliphatic carbocycles. The molecule has 0 amide bonds. The summed E-state index contributed by atoms with van der Waals surface area (Å²) in [5.41, 5.74) is 3.72. The third-order valence-corrected chi connectivity index (χ3v) is 4.41. The first-order valence-electron chi connectivity index (χ1n) is 5.28. The molecule has 14 heavy (non-hydrogen) atoms. The van der Waals surface area contributed by atoms with Crippen LogP contribution in [-0.2, 0) is 0 Å². The van der Waals surface area contributed by atoms with Crippen molar-refractivity contribution in [2.45, 2.75) is 47.3 Å². The van der Waals surface area contributed by atoms with Crippen LogP contribution in [0.1, 0.15) is 27.7 Å². The molecule has 0 spiro atoms. The predicted octanol–water partition coefficient (Wildman–Crippen LogP) is 4.57. The Bertz CT molecular complexity index is 247. The molecular formula is C13H24Si. The Labute approximate surface area is 90.4 Å². The van der Waals surface area contributed by atoms with Gasteiger partial charge < -0.3 is 0 Å². The van der Waals surface area contributed by atoms with Crippen LogP contribution < -0.4 is 0 Å². The molecule has 1 heteroatoms. The SMILES string of the molecule is C/C=C\C=C=C(C(C)(C)C)[Si](C)(C)C. The Morgan fingerprint density at radius 1 is 1.14 bits per heavy atom. The Kier molecular flexibility index (Phi) is 4.63. The Balaban J connectivity index is 5.24. The van der Waals surface area contributed by atoms with Crippen LogP contribution in [0.2, 0.25) is 19.6 Å². The van der Waals surface area contributed by atoms with Gasteiger partial charge in [0.1, 0.15) is 0 Å². The Hall–Kier alpha value is -0.523. The summed E-state index contributed by atoms with van der Waals surface area (Å²) < 4.78 is 0. The van der Waals surface area contributed by atoms with E-state index in [0.29, 0.717) is 0 Å². The molecular weight excluding hydrogens is 184 g/mol. The third kappa shape index (κ3) is 4.64. The first-order chi connectivity index (χ1) is 6.19. The normalized spacial score (nSPS) is 12.8. The molecule has 0 bridgehead atoms. The van der Waals surface area contributed by atoms with Gasteiger partial charge in [-0.05, 0) is 23.6 Å². The first kappa shape index (κ1) is 13.5. The minimum atomic E-state index is -1.23. The number of hydrogen-bond acceptors (Lipinski definition) is 0. The van der Waals surface area contributed by atoms with E-state index in [0.717, 1.165) is 0 Å². The van der Waals surface area contributed by atoms with Crippen LogP contribution in [0.25, 0.3) is 0 Å². The van der Waals surface area contributed by atoms with E-state index in [1.807, 2.05) is 25.2 Å². The zero-order chi connectivity index (χ0) is 11.4. The average molecular weight is 208 g/mol. The first-order valence-corrected chi connectivity index (χ1v) is 8.78. The summed E-state index contributed by atoms with van der Waals surface area (Å²) in [6, 6.07) is 0. The molecule has 0 N–H and O–H groups in total. The molecule has 0 rings (SSSR count). The molecule has 80 valence electrons. The molecule has 0 heterocycles. The minimum Gasteiger partial charge on any atom is -0.126 e. The Morgan fingerprint density at radius 3 is 1.93 bits per heavy atom. The van der Waals surface area contributed by atoms with Gasteiger partial charge in [-0.2, -0.15) is 0 Å². The van der Waals surface area contributed by atoms with Gasteiger partial charge in [0, 0.05) is 0 Å². The summed E-state index contributed by atoms with van der Waals surface area (Å²) in [7, 11) is -1.23. The summed E-state index contributed by atoms with van der Waals surface area (Å²) in [6.45, 7) is 16.0. The van der Waals surface area contributed by atoms with Crippen molar-refractivity contribution in [3.63, 3.8) is 0 Å². The van der Waals surface area contributed by atoms with Gasteiger partial charge in [-0.1, -0.05) is 52.6 Å². The van der Waals surface area contributed by atoms with E-state index in [4.69, 9.17) is 0 Å². The molecule has 0 aromatic rings. The van der Waals surface area contributed by atoms with E-state index in [1.54, 1.807) is 0 Å². The highest BCUT2D eigenvalue weighted by atomic mass is 28.3. The quantitative estimate of drug-likeness (QED) is 0.354. The summed E-state index contributed by atoms with van der Waals surface area (Å²) in [6.07, 6.45) is 6.13. The lowest BCUT2D eigenvalue weighted by molar-refractivity contribution is 0.526. The molecule has 0 radical (unpaired) electrons. The van der Waals surface area contributed by atoms with Crippen LogP contribution in [0.15, 0.2) is 29.2 Å². The van der Waals surface area contributed by atoms with Gasteiger partial charge >= 0.3 is 0 Å². The highest BCUT2D eigenvalue weighted by Crippen LogP contribution is 2.31. The number of allylic oxidation sites excluding steroid dienone is 3. The molecule has 0 atom stereocenters. The van der Waals surface area contributed by atoms with Crippen LogP contribution in [0.3, 0.4) is 0 Å². The average Bonchev–Trinajstić information content (AvgIpc) is 1.92. The van der Waals surface area contributed by atoms with Crippen LogP contribution in [-0.4, -0.2) is 8.07 Å². The van der Waals surface area contributed by atoms with Crippen LogP contribution in [0, 0.1) is 5.41 Å². The maximum atomic E-state index is 3.47. The molecule has 0 fully saturated rings. The zero-order valence-corrected chi connectivity index (χ0v) is 11.7. The fourth-order valence-corrected chi connectivity index (χ4v) is 4.55. The smallest absolute Gasteiger partial charge is 0.0830 e. The van der Waals surface area contributed by atoms with E-state index in [9.17, 15) is 0 Å². The summed E-state index contributed by atoms with van der Waals surface area (Å²) in [5, 5.41) is 1.50. The molecule has 0 saturated carbocycles. The lowest BCUT2D eigenvalue weighted by atomic mass is 9.96. The van der Waals surface area contributed by atoms with Crippen molar-refractivity contribution in [2.75, 3.05) is 0 Å². The predicted molar refractivity (Wildman–Crippen MR) is 69.2 cm³/mol. The van der Waals surface area contributed by atoms with E-state index in [1.165, 1.54) is 5.20 Å². The van der Waals surface area contributed by atoms with Crippen molar-refractivity contribution in [3.05, 3.63) is 29.2 Å². The monoisotopic (exact) mass is 208 g/mol. The van der Waals surface area contributed by atoms with Crippen LogP contribution in [0.5, 0.6) is 0 Å². The van der Waals surface area contributed by atoms with E-state index in [2.05, 4.69) is 46.1 Å². The van der Waals surface area contributed by atoms with Crippen molar-refractivity contribution in [1.82, 2.24) is 0 Å². The van der Waals surface area contributed by atoms with Crippen LogP contribution in [0.4, 0.5) is 0 Å². The van der Waals surface area contributed by atoms with Gasteiger partial charge in [-0.25, -0.2) is 0 Å². The van der Waals surface area contributed by atoms with Gasteiger partial charge in [0.25, 0.3) is 0 Å². The summed E-state index contributed by atoms with van der Waals surface area (Å²) in [4.78, 5) is 0. The second-order valence-corrected chi connectivity index (χ2v) is 10.7. The van der Waals surface area contributed by atoms with E-state index in [-0.39, 0.29) is 5.41 Å². The maximum absolute atomic E-state index is 3.47. The fraction of sp³-hybridized carbons (Fsp3) is 0.615. The highest BCUT2D eigenvalue weighted by molar-refractivity contribution is 6.83. The molecule has 0 unspecified atom stereocenters. The van der Waals surface area contributed by atoms with Gasteiger partial charge in [-0.3, -0.25) is 0 Å². The van der Waals surface area contributed by atoms with Crippen molar-refractivity contribution in [1.29, 1.82) is 0 Å². The second kappa shape index (κ2) is 4.81. The Morgan fingerprint density at radius 2 is 1.64 bits per heavy atom. The van der Waals surface area contributed by atoms with Gasteiger partial charge in [0.2, 0.25) is 0 Å². The molecule has 0 saturated heterocycles. The summed E-state index contributed by atoms with van der Waals surface area (Å²) >= 11 is 0. The van der Waals surface area contributed by atoms with E-state index < -0.39 is 8.07 Å². The fourth-order valence-electron chi connectivity index (χ4n) is 1.79. The lowest BCUT2D eigenvalue weighted by Crippen LogP contribution is -2.31. The van der Waals surface area contributed by atoms with Crippen molar-refractivity contribution < 1.29 is 0 Å².